The molecule has 1 aromatic heterocycles. The van der Waals surface area contributed by atoms with Gasteiger partial charge in [0, 0.05) is 12.7 Å². The summed E-state index contributed by atoms with van der Waals surface area (Å²) in [4.78, 5) is 48.7. The first-order chi connectivity index (χ1) is 13.9. The molecule has 1 aromatic carbocycles. The molecule has 0 spiro atoms. The topological polar surface area (TPSA) is 130 Å². The second-order valence-corrected chi connectivity index (χ2v) is 5.96. The number of carbonyl (C=O) groups is 4. The summed E-state index contributed by atoms with van der Waals surface area (Å²) >= 11 is 0. The zero-order valence-electron chi connectivity index (χ0n) is 16.1. The van der Waals surface area contributed by atoms with Crippen molar-refractivity contribution in [1.29, 1.82) is 0 Å². The summed E-state index contributed by atoms with van der Waals surface area (Å²) in [5.74, 6) is -1.19. The van der Waals surface area contributed by atoms with Gasteiger partial charge in [-0.2, -0.15) is 0 Å². The molecular weight excluding hydrogens is 380 g/mol. The average molecular weight is 402 g/mol. The number of rotatable bonds is 9. The highest BCUT2D eigenvalue weighted by atomic mass is 16.5. The van der Waals surface area contributed by atoms with E-state index in [1.165, 1.54) is 24.3 Å². The minimum atomic E-state index is -0.547. The van der Waals surface area contributed by atoms with Crippen LogP contribution in [-0.4, -0.2) is 62.3 Å². The van der Waals surface area contributed by atoms with E-state index in [-0.39, 0.29) is 31.3 Å². The average Bonchev–Trinajstić information content (AvgIpc) is 3.25. The van der Waals surface area contributed by atoms with Crippen molar-refractivity contribution in [3.63, 3.8) is 0 Å². The Kier molecular flexibility index (Phi) is 7.78. The fraction of sp³-hybridized carbons (Fsp3) is 0.263. The molecule has 0 bridgehead atoms. The zero-order chi connectivity index (χ0) is 21.2. The molecule has 2 rings (SSSR count). The molecule has 10 heteroatoms. The van der Waals surface area contributed by atoms with Crippen molar-refractivity contribution in [2.45, 2.75) is 0 Å². The SMILES string of the molecule is COc1ccc(NC(=O)CN(C)C(=O)CNC(=O)CNC(=O)c2ccco2)cc1. The monoisotopic (exact) mass is 402 g/mol. The number of nitrogens with one attached hydrogen (secondary N) is 3. The molecule has 0 unspecified atom stereocenters. The normalized spacial score (nSPS) is 10.0. The van der Waals surface area contributed by atoms with Crippen molar-refractivity contribution in [2.75, 3.05) is 39.1 Å². The Morgan fingerprint density at radius 1 is 1.00 bits per heavy atom. The van der Waals surface area contributed by atoms with Crippen LogP contribution in [0.4, 0.5) is 5.69 Å². The van der Waals surface area contributed by atoms with Gasteiger partial charge in [0.2, 0.25) is 17.7 Å². The van der Waals surface area contributed by atoms with Gasteiger partial charge in [0.25, 0.3) is 5.91 Å². The minimum Gasteiger partial charge on any atom is -0.497 e. The number of nitrogens with zero attached hydrogens (tertiary/aromatic N) is 1. The number of carbonyl (C=O) groups excluding carboxylic acids is 4. The first kappa shape index (κ1) is 21.5. The van der Waals surface area contributed by atoms with Gasteiger partial charge in [0.05, 0.1) is 33.0 Å². The molecule has 0 aliphatic rings. The number of hydrogen-bond acceptors (Lipinski definition) is 6. The van der Waals surface area contributed by atoms with E-state index in [0.717, 1.165) is 0 Å². The molecule has 29 heavy (non-hydrogen) atoms. The Labute approximate surface area is 167 Å². The van der Waals surface area contributed by atoms with Crippen LogP contribution in [0.3, 0.4) is 0 Å². The number of hydrogen-bond donors (Lipinski definition) is 3. The number of likely N-dealkylation sites (N-methyl/N-ethyl adjacent to an activating group) is 1. The Morgan fingerprint density at radius 2 is 1.72 bits per heavy atom. The summed E-state index contributed by atoms with van der Waals surface area (Å²) in [7, 11) is 2.99. The van der Waals surface area contributed by atoms with Crippen molar-refractivity contribution >= 4 is 29.3 Å². The maximum Gasteiger partial charge on any atom is 0.287 e. The molecule has 4 amide bonds. The summed E-state index contributed by atoms with van der Waals surface area (Å²) in [6.45, 7) is -0.799. The van der Waals surface area contributed by atoms with Crippen molar-refractivity contribution in [2.24, 2.45) is 0 Å². The van der Waals surface area contributed by atoms with Gasteiger partial charge in [0.15, 0.2) is 5.76 Å². The lowest BCUT2D eigenvalue weighted by molar-refractivity contribution is -0.134. The number of benzene rings is 1. The van der Waals surface area contributed by atoms with Crippen LogP contribution in [0.2, 0.25) is 0 Å². The van der Waals surface area contributed by atoms with E-state index < -0.39 is 17.7 Å². The third-order valence-corrected chi connectivity index (χ3v) is 3.77. The van der Waals surface area contributed by atoms with Gasteiger partial charge in [-0.05, 0) is 36.4 Å². The second kappa shape index (κ2) is 10.5. The third-order valence-electron chi connectivity index (χ3n) is 3.77. The molecule has 1 heterocycles. The van der Waals surface area contributed by atoms with Gasteiger partial charge >= 0.3 is 0 Å². The number of furan rings is 1. The Morgan fingerprint density at radius 3 is 2.34 bits per heavy atom. The van der Waals surface area contributed by atoms with E-state index in [0.29, 0.717) is 11.4 Å². The predicted octanol–water partition coefficient (Wildman–Crippen LogP) is 0.231. The van der Waals surface area contributed by atoms with E-state index >= 15 is 0 Å². The molecule has 0 aliphatic heterocycles. The quantitative estimate of drug-likeness (QED) is 0.551. The van der Waals surface area contributed by atoms with E-state index in [2.05, 4.69) is 16.0 Å². The molecule has 2 aromatic rings. The van der Waals surface area contributed by atoms with Crippen LogP contribution in [0.25, 0.3) is 0 Å². The number of amides is 4. The van der Waals surface area contributed by atoms with Crippen LogP contribution in [-0.2, 0) is 14.4 Å². The molecule has 10 nitrogen and oxygen atoms in total. The van der Waals surface area contributed by atoms with Gasteiger partial charge in [-0.25, -0.2) is 0 Å². The van der Waals surface area contributed by atoms with Crippen LogP contribution in [0.15, 0.2) is 47.1 Å². The van der Waals surface area contributed by atoms with Gasteiger partial charge in [-0.15, -0.1) is 0 Å². The Hall–Kier alpha value is -3.82. The fourth-order valence-corrected chi connectivity index (χ4v) is 2.21. The Balaban J connectivity index is 1.68. The van der Waals surface area contributed by atoms with Crippen molar-refractivity contribution < 1.29 is 28.3 Å². The van der Waals surface area contributed by atoms with E-state index in [1.807, 2.05) is 0 Å². The van der Waals surface area contributed by atoms with E-state index in [1.54, 1.807) is 37.4 Å². The fourth-order valence-electron chi connectivity index (χ4n) is 2.21. The number of methoxy groups -OCH3 is 1. The largest absolute Gasteiger partial charge is 0.497 e. The molecule has 0 radical (unpaired) electrons. The van der Waals surface area contributed by atoms with Crippen molar-refractivity contribution in [1.82, 2.24) is 15.5 Å². The van der Waals surface area contributed by atoms with Crippen LogP contribution in [0, 0.1) is 0 Å². The smallest absolute Gasteiger partial charge is 0.287 e. The molecule has 0 fully saturated rings. The lowest BCUT2D eigenvalue weighted by atomic mass is 10.3. The first-order valence-corrected chi connectivity index (χ1v) is 8.65. The molecular formula is C19H22N4O6. The summed E-state index contributed by atoms with van der Waals surface area (Å²) in [5, 5.41) is 7.40. The van der Waals surface area contributed by atoms with Gasteiger partial charge in [-0.3, -0.25) is 19.2 Å². The van der Waals surface area contributed by atoms with Crippen LogP contribution < -0.4 is 20.7 Å². The number of ether oxygens (including phenoxy) is 1. The molecule has 0 saturated carbocycles. The highest BCUT2D eigenvalue weighted by Gasteiger charge is 2.15. The van der Waals surface area contributed by atoms with Gasteiger partial charge in [0.1, 0.15) is 5.75 Å². The van der Waals surface area contributed by atoms with E-state index in [4.69, 9.17) is 9.15 Å². The molecule has 0 saturated heterocycles. The highest BCUT2D eigenvalue weighted by molar-refractivity contribution is 5.96. The Bertz CT molecular complexity index is 848. The van der Waals surface area contributed by atoms with Crippen LogP contribution >= 0.6 is 0 Å². The standard InChI is InChI=1S/C19H22N4O6/c1-23(12-17(25)22-13-5-7-14(28-2)8-6-13)18(26)11-20-16(24)10-21-19(27)15-4-3-9-29-15/h3-9H,10-12H2,1-2H3,(H,20,24)(H,21,27)(H,22,25). The van der Waals surface area contributed by atoms with Crippen LogP contribution in [0.1, 0.15) is 10.6 Å². The molecule has 154 valence electrons. The molecule has 0 aliphatic carbocycles. The van der Waals surface area contributed by atoms with Crippen LogP contribution in [0.5, 0.6) is 5.75 Å². The summed E-state index contributed by atoms with van der Waals surface area (Å²) in [5.41, 5.74) is 0.567. The van der Waals surface area contributed by atoms with E-state index in [9.17, 15) is 19.2 Å². The molecule has 3 N–H and O–H groups in total. The summed E-state index contributed by atoms with van der Waals surface area (Å²) in [6, 6.07) is 9.76. The lowest BCUT2D eigenvalue weighted by Gasteiger charge is -2.17. The third kappa shape index (κ3) is 7.01. The zero-order valence-corrected chi connectivity index (χ0v) is 16.1. The molecule has 0 atom stereocenters. The van der Waals surface area contributed by atoms with Gasteiger partial charge in [-0.1, -0.05) is 0 Å². The predicted molar refractivity (Wildman–Crippen MR) is 103 cm³/mol. The highest BCUT2D eigenvalue weighted by Crippen LogP contribution is 2.14. The first-order valence-electron chi connectivity index (χ1n) is 8.65. The second-order valence-electron chi connectivity index (χ2n) is 5.96. The maximum absolute atomic E-state index is 12.1. The van der Waals surface area contributed by atoms with Gasteiger partial charge < -0.3 is 30.0 Å². The summed E-state index contributed by atoms with van der Waals surface area (Å²) < 4.78 is 9.94. The van der Waals surface area contributed by atoms with Crippen molar-refractivity contribution in [3.8, 4) is 5.75 Å². The van der Waals surface area contributed by atoms with Crippen molar-refractivity contribution in [3.05, 3.63) is 48.4 Å². The lowest BCUT2D eigenvalue weighted by Crippen LogP contribution is -2.44. The summed E-state index contributed by atoms with van der Waals surface area (Å²) in [6.07, 6.45) is 1.34. The maximum atomic E-state index is 12.1. The number of anilines is 1. The minimum absolute atomic E-state index is 0.0801.